The Morgan fingerprint density at radius 1 is 1.00 bits per heavy atom. The predicted molar refractivity (Wildman–Crippen MR) is 65.4 cm³/mol. The van der Waals surface area contributed by atoms with E-state index in [1.165, 1.54) is 0 Å². The summed E-state index contributed by atoms with van der Waals surface area (Å²) >= 11 is 0. The van der Waals surface area contributed by atoms with Gasteiger partial charge in [0, 0.05) is 12.8 Å². The molecule has 0 aliphatic heterocycles. The summed E-state index contributed by atoms with van der Waals surface area (Å²) in [5, 5.41) is 10.1. The van der Waals surface area contributed by atoms with Gasteiger partial charge in [-0.2, -0.15) is 0 Å². The van der Waals surface area contributed by atoms with Crippen LogP contribution in [0.1, 0.15) is 5.56 Å². The Kier molecular flexibility index (Phi) is 8.10. The van der Waals surface area contributed by atoms with Gasteiger partial charge in [-0.1, -0.05) is 30.3 Å². The fraction of sp³-hybridized carbons (Fsp3) is 0.462. The highest BCUT2D eigenvalue weighted by Crippen LogP contribution is 1.93. The van der Waals surface area contributed by atoms with E-state index in [1.807, 2.05) is 36.5 Å². The molecule has 17 heavy (non-hydrogen) atoms. The van der Waals surface area contributed by atoms with Crippen molar-refractivity contribution in [3.63, 3.8) is 0 Å². The van der Waals surface area contributed by atoms with Crippen molar-refractivity contribution in [1.82, 2.24) is 0 Å². The van der Waals surface area contributed by atoms with Crippen LogP contribution in [-0.4, -0.2) is 45.8 Å². The second-order valence-electron chi connectivity index (χ2n) is 3.37. The number of ether oxygens (including phenoxy) is 2. The molecule has 0 fully saturated rings. The molecular formula is C13H18NO3-. The molecule has 0 aromatic heterocycles. The summed E-state index contributed by atoms with van der Waals surface area (Å²) in [5.74, 6) is 0. The highest BCUT2D eigenvalue weighted by atomic mass is 16.5. The molecule has 0 saturated carbocycles. The minimum Gasteiger partial charge on any atom is -0.853 e. The normalized spacial score (nSPS) is 11.1. The quantitative estimate of drug-likeness (QED) is 0.463. The lowest BCUT2D eigenvalue weighted by atomic mass is 10.2. The van der Waals surface area contributed by atoms with Gasteiger partial charge in [-0.3, -0.25) is 4.99 Å². The van der Waals surface area contributed by atoms with E-state index in [0.717, 1.165) is 5.56 Å². The Labute approximate surface area is 102 Å². The summed E-state index contributed by atoms with van der Waals surface area (Å²) in [6, 6.07) is 9.93. The van der Waals surface area contributed by atoms with E-state index in [-0.39, 0.29) is 13.2 Å². The van der Waals surface area contributed by atoms with Gasteiger partial charge in [-0.25, -0.2) is 0 Å². The summed E-state index contributed by atoms with van der Waals surface area (Å²) in [5.41, 5.74) is 1.09. The average Bonchev–Trinajstić information content (AvgIpc) is 2.38. The van der Waals surface area contributed by atoms with E-state index in [4.69, 9.17) is 9.47 Å². The van der Waals surface area contributed by atoms with E-state index in [0.29, 0.717) is 26.4 Å². The molecule has 0 atom stereocenters. The zero-order chi connectivity index (χ0) is 12.2. The first-order chi connectivity index (χ1) is 8.43. The Morgan fingerprint density at radius 3 is 2.41 bits per heavy atom. The van der Waals surface area contributed by atoms with Crippen LogP contribution in [0.3, 0.4) is 0 Å². The molecule has 0 heterocycles. The largest absolute Gasteiger partial charge is 0.853 e. The van der Waals surface area contributed by atoms with Crippen molar-refractivity contribution in [1.29, 1.82) is 0 Å². The van der Waals surface area contributed by atoms with Gasteiger partial charge in [0.05, 0.1) is 26.4 Å². The van der Waals surface area contributed by atoms with Crippen molar-refractivity contribution in [2.75, 3.05) is 39.6 Å². The number of nitrogens with zero attached hydrogens (tertiary/aromatic N) is 1. The molecule has 4 heteroatoms. The van der Waals surface area contributed by atoms with Crippen LogP contribution >= 0.6 is 0 Å². The van der Waals surface area contributed by atoms with Crippen LogP contribution in [0.2, 0.25) is 0 Å². The average molecular weight is 236 g/mol. The third-order valence-corrected chi connectivity index (χ3v) is 2.00. The molecule has 4 nitrogen and oxygen atoms in total. The van der Waals surface area contributed by atoms with Gasteiger partial charge < -0.3 is 14.6 Å². The highest BCUT2D eigenvalue weighted by molar-refractivity contribution is 5.79. The smallest absolute Gasteiger partial charge is 0.0701 e. The minimum atomic E-state index is -0.193. The van der Waals surface area contributed by atoms with E-state index in [1.54, 1.807) is 0 Å². The Morgan fingerprint density at radius 2 is 1.71 bits per heavy atom. The summed E-state index contributed by atoms with van der Waals surface area (Å²) in [4.78, 5) is 4.23. The molecular weight excluding hydrogens is 218 g/mol. The number of benzene rings is 1. The zero-order valence-corrected chi connectivity index (χ0v) is 9.88. The molecule has 1 aromatic rings. The van der Waals surface area contributed by atoms with Gasteiger partial charge in [-0.15, -0.1) is 6.61 Å². The molecule has 1 rings (SSSR count). The molecule has 0 amide bonds. The van der Waals surface area contributed by atoms with Crippen LogP contribution in [0.25, 0.3) is 0 Å². The van der Waals surface area contributed by atoms with Crippen molar-refractivity contribution in [3.8, 4) is 0 Å². The van der Waals surface area contributed by atoms with Crippen LogP contribution in [0.4, 0.5) is 0 Å². The van der Waals surface area contributed by atoms with Crippen LogP contribution in [-0.2, 0) is 9.47 Å². The SMILES string of the molecule is [O-]CCOCCOCCN=Cc1ccccc1. The maximum absolute atomic E-state index is 10.1. The Balaban J connectivity index is 1.95. The molecule has 0 saturated heterocycles. The van der Waals surface area contributed by atoms with E-state index < -0.39 is 0 Å². The van der Waals surface area contributed by atoms with Crippen LogP contribution in [0, 0.1) is 0 Å². The third kappa shape index (κ3) is 7.63. The fourth-order valence-electron chi connectivity index (χ4n) is 1.21. The summed E-state index contributed by atoms with van der Waals surface area (Å²) in [7, 11) is 0. The third-order valence-electron chi connectivity index (χ3n) is 2.00. The van der Waals surface area contributed by atoms with Crippen molar-refractivity contribution < 1.29 is 14.6 Å². The number of hydrogen-bond donors (Lipinski definition) is 0. The van der Waals surface area contributed by atoms with Crippen LogP contribution < -0.4 is 5.11 Å². The maximum atomic E-state index is 10.1. The van der Waals surface area contributed by atoms with Crippen LogP contribution in [0.15, 0.2) is 35.3 Å². The fourth-order valence-corrected chi connectivity index (χ4v) is 1.21. The molecule has 0 unspecified atom stereocenters. The van der Waals surface area contributed by atoms with Gasteiger partial charge in [0.2, 0.25) is 0 Å². The molecule has 0 aliphatic carbocycles. The molecule has 1 aromatic carbocycles. The first-order valence-corrected chi connectivity index (χ1v) is 5.72. The van der Waals surface area contributed by atoms with E-state index in [9.17, 15) is 5.11 Å². The lowest BCUT2D eigenvalue weighted by Gasteiger charge is -2.05. The van der Waals surface area contributed by atoms with Gasteiger partial charge in [0.25, 0.3) is 0 Å². The van der Waals surface area contributed by atoms with Gasteiger partial charge in [0.15, 0.2) is 0 Å². The molecule has 0 radical (unpaired) electrons. The summed E-state index contributed by atoms with van der Waals surface area (Å²) in [6.45, 7) is 2.27. The first kappa shape index (κ1) is 13.8. The highest BCUT2D eigenvalue weighted by Gasteiger charge is 1.88. The van der Waals surface area contributed by atoms with Crippen LogP contribution in [0.5, 0.6) is 0 Å². The van der Waals surface area contributed by atoms with Gasteiger partial charge >= 0.3 is 0 Å². The lowest BCUT2D eigenvalue weighted by Crippen LogP contribution is -2.15. The Bertz CT molecular complexity index is 301. The minimum absolute atomic E-state index is 0.193. The van der Waals surface area contributed by atoms with Crippen molar-refractivity contribution in [2.45, 2.75) is 0 Å². The maximum Gasteiger partial charge on any atom is 0.0701 e. The van der Waals surface area contributed by atoms with Crippen molar-refractivity contribution in [2.24, 2.45) is 4.99 Å². The topological polar surface area (TPSA) is 53.9 Å². The lowest BCUT2D eigenvalue weighted by molar-refractivity contribution is -0.374. The number of hydrogen-bond acceptors (Lipinski definition) is 4. The molecule has 0 spiro atoms. The number of rotatable bonds is 9. The Hall–Kier alpha value is -1.23. The van der Waals surface area contributed by atoms with E-state index >= 15 is 0 Å². The second-order valence-corrected chi connectivity index (χ2v) is 3.37. The molecule has 0 N–H and O–H groups in total. The predicted octanol–water partition coefficient (Wildman–Crippen LogP) is 0.499. The van der Waals surface area contributed by atoms with E-state index in [2.05, 4.69) is 4.99 Å². The van der Waals surface area contributed by atoms with Gasteiger partial charge in [-0.05, 0) is 5.56 Å². The van der Waals surface area contributed by atoms with Crippen molar-refractivity contribution >= 4 is 6.21 Å². The zero-order valence-electron chi connectivity index (χ0n) is 9.88. The number of aliphatic imine (C=N–C) groups is 1. The first-order valence-electron chi connectivity index (χ1n) is 5.72. The molecule has 94 valence electrons. The standard InChI is InChI=1S/C13H18NO3/c15-7-9-17-11-10-16-8-6-14-12-13-4-2-1-3-5-13/h1-5,12H,6-11H2/q-1. The second kappa shape index (κ2) is 9.96. The summed E-state index contributed by atoms with van der Waals surface area (Å²) in [6.07, 6.45) is 1.83. The van der Waals surface area contributed by atoms with Gasteiger partial charge in [0.1, 0.15) is 0 Å². The monoisotopic (exact) mass is 236 g/mol. The molecule has 0 aliphatic rings. The van der Waals surface area contributed by atoms with Crippen molar-refractivity contribution in [3.05, 3.63) is 35.9 Å². The molecule has 0 bridgehead atoms. The summed E-state index contributed by atoms with van der Waals surface area (Å²) < 4.78 is 10.3.